The molecule has 0 spiro atoms. The highest BCUT2D eigenvalue weighted by Crippen LogP contribution is 2.20. The van der Waals surface area contributed by atoms with Crippen molar-refractivity contribution in [3.63, 3.8) is 0 Å². The Morgan fingerprint density at radius 2 is 2.29 bits per heavy atom. The van der Waals surface area contributed by atoms with E-state index >= 15 is 0 Å². The molecule has 0 atom stereocenters. The minimum atomic E-state index is 0.0222. The molecule has 0 radical (unpaired) electrons. The van der Waals surface area contributed by atoms with Crippen LogP contribution in [0.25, 0.3) is 11.0 Å². The van der Waals surface area contributed by atoms with Crippen molar-refractivity contribution in [2.24, 2.45) is 0 Å². The molecular weight excluding hydrogens is 390 g/mol. The Kier molecular flexibility index (Phi) is 4.07. The highest BCUT2D eigenvalue weighted by molar-refractivity contribution is 9.10. The highest BCUT2D eigenvalue weighted by Gasteiger charge is 2.19. The maximum atomic E-state index is 12.7. The number of hydrogen-bond acceptors (Lipinski definition) is 5. The van der Waals surface area contributed by atoms with E-state index in [0.717, 1.165) is 35.2 Å². The Hall–Kier alpha value is -1.83. The van der Waals surface area contributed by atoms with E-state index in [4.69, 9.17) is 16.6 Å². The molecule has 0 fully saturated rings. The summed E-state index contributed by atoms with van der Waals surface area (Å²) in [4.78, 5) is 22.2. The average molecular weight is 404 g/mol. The molecule has 0 saturated heterocycles. The molecule has 0 aliphatic carbocycles. The van der Waals surface area contributed by atoms with Gasteiger partial charge >= 0.3 is 0 Å². The van der Waals surface area contributed by atoms with Crippen LogP contribution in [0.5, 0.6) is 0 Å². The lowest BCUT2D eigenvalue weighted by atomic mass is 10.1. The van der Waals surface area contributed by atoms with E-state index < -0.39 is 0 Å². The third-order valence-electron chi connectivity index (χ3n) is 4.26. The van der Waals surface area contributed by atoms with Gasteiger partial charge in [-0.25, -0.2) is 4.98 Å². The lowest BCUT2D eigenvalue weighted by Gasteiger charge is -2.27. The molecule has 5 nitrogen and oxygen atoms in total. The number of fused-ring (bicyclic) bond motifs is 2. The average Bonchev–Trinajstić information content (AvgIpc) is 2.58. The van der Waals surface area contributed by atoms with Gasteiger partial charge in [0.05, 0.1) is 11.6 Å². The van der Waals surface area contributed by atoms with E-state index in [9.17, 15) is 4.79 Å². The number of nitrogens with one attached hydrogen (secondary N) is 1. The molecule has 1 aliphatic rings. The Balaban J connectivity index is 1.63. The Bertz CT molecular complexity index is 1040. The summed E-state index contributed by atoms with van der Waals surface area (Å²) >= 11 is 8.47. The molecule has 2 aromatic heterocycles. The fourth-order valence-corrected chi connectivity index (χ4v) is 3.57. The van der Waals surface area contributed by atoms with Gasteiger partial charge in [0.15, 0.2) is 10.2 Å². The predicted molar refractivity (Wildman–Crippen MR) is 97.4 cm³/mol. The third kappa shape index (κ3) is 2.94. The first-order valence-electron chi connectivity index (χ1n) is 7.59. The summed E-state index contributed by atoms with van der Waals surface area (Å²) < 4.78 is 7.01. The number of halogens is 1. The SMILES string of the molecule is O=c1c(CN2CCc3[nH]c(=S)ncc3C2)coc2ccc(Br)cc12. The number of aromatic amines is 1. The largest absolute Gasteiger partial charge is 0.464 e. The van der Waals surface area contributed by atoms with Crippen molar-refractivity contribution >= 4 is 39.1 Å². The van der Waals surface area contributed by atoms with E-state index in [1.54, 1.807) is 18.4 Å². The summed E-state index contributed by atoms with van der Waals surface area (Å²) in [5.74, 6) is 0. The maximum Gasteiger partial charge on any atom is 0.197 e. The fourth-order valence-electron chi connectivity index (χ4n) is 3.03. The molecular formula is C17H14BrN3O2S. The fraction of sp³-hybridized carbons (Fsp3) is 0.235. The summed E-state index contributed by atoms with van der Waals surface area (Å²) in [5.41, 5.74) is 3.56. The monoisotopic (exact) mass is 403 g/mol. The first-order chi connectivity index (χ1) is 11.6. The number of rotatable bonds is 2. The Labute approximate surface area is 151 Å². The van der Waals surface area contributed by atoms with Gasteiger partial charge in [-0.2, -0.15) is 0 Å². The van der Waals surface area contributed by atoms with Gasteiger partial charge in [-0.05, 0) is 30.4 Å². The number of aromatic nitrogens is 2. The quantitative estimate of drug-likeness (QED) is 0.662. The van der Waals surface area contributed by atoms with Gasteiger partial charge in [0.2, 0.25) is 0 Å². The molecule has 4 rings (SSSR count). The second kappa shape index (κ2) is 6.23. The van der Waals surface area contributed by atoms with Gasteiger partial charge in [-0.1, -0.05) is 15.9 Å². The molecule has 1 N–H and O–H groups in total. The summed E-state index contributed by atoms with van der Waals surface area (Å²) in [6.07, 6.45) is 4.26. The van der Waals surface area contributed by atoms with Crippen molar-refractivity contribution in [2.45, 2.75) is 19.5 Å². The molecule has 122 valence electrons. The molecule has 0 amide bonds. The maximum absolute atomic E-state index is 12.7. The summed E-state index contributed by atoms with van der Waals surface area (Å²) in [7, 11) is 0. The van der Waals surface area contributed by atoms with Crippen LogP contribution in [-0.2, 0) is 19.5 Å². The lowest BCUT2D eigenvalue weighted by Crippen LogP contribution is -2.32. The van der Waals surface area contributed by atoms with Crippen molar-refractivity contribution in [3.8, 4) is 0 Å². The molecule has 0 bridgehead atoms. The van der Waals surface area contributed by atoms with Gasteiger partial charge in [0, 0.05) is 53.5 Å². The first kappa shape index (κ1) is 15.7. The second-order valence-corrected chi connectivity index (χ2v) is 7.19. The smallest absolute Gasteiger partial charge is 0.197 e. The van der Waals surface area contributed by atoms with Crippen LogP contribution >= 0.6 is 28.1 Å². The molecule has 3 aromatic rings. The molecule has 0 unspecified atom stereocenters. The van der Waals surface area contributed by atoms with E-state index in [1.165, 1.54) is 0 Å². The van der Waals surface area contributed by atoms with E-state index in [1.807, 2.05) is 12.3 Å². The molecule has 24 heavy (non-hydrogen) atoms. The van der Waals surface area contributed by atoms with Gasteiger partial charge in [0.25, 0.3) is 0 Å². The van der Waals surface area contributed by atoms with E-state index in [-0.39, 0.29) is 5.43 Å². The molecule has 7 heteroatoms. The van der Waals surface area contributed by atoms with Crippen molar-refractivity contribution in [2.75, 3.05) is 6.54 Å². The van der Waals surface area contributed by atoms with Crippen molar-refractivity contribution < 1.29 is 4.42 Å². The second-order valence-electron chi connectivity index (χ2n) is 5.88. The summed E-state index contributed by atoms with van der Waals surface area (Å²) in [5, 5.41) is 0.602. The zero-order valence-electron chi connectivity index (χ0n) is 12.7. The summed E-state index contributed by atoms with van der Waals surface area (Å²) in [6.45, 7) is 2.16. The lowest BCUT2D eigenvalue weighted by molar-refractivity contribution is 0.240. The number of nitrogens with zero attached hydrogens (tertiary/aromatic N) is 2. The highest BCUT2D eigenvalue weighted by atomic mass is 79.9. The number of benzene rings is 1. The van der Waals surface area contributed by atoms with Crippen LogP contribution in [0, 0.1) is 4.77 Å². The zero-order valence-corrected chi connectivity index (χ0v) is 15.1. The Morgan fingerprint density at radius 3 is 3.17 bits per heavy atom. The van der Waals surface area contributed by atoms with Crippen LogP contribution in [0.3, 0.4) is 0 Å². The minimum Gasteiger partial charge on any atom is -0.464 e. The van der Waals surface area contributed by atoms with Crippen LogP contribution in [-0.4, -0.2) is 21.4 Å². The van der Waals surface area contributed by atoms with Gasteiger partial charge in [0.1, 0.15) is 5.58 Å². The summed E-state index contributed by atoms with van der Waals surface area (Å²) in [6, 6.07) is 5.47. The van der Waals surface area contributed by atoms with Crippen LogP contribution < -0.4 is 5.43 Å². The van der Waals surface area contributed by atoms with Crippen LogP contribution in [0.2, 0.25) is 0 Å². The molecule has 0 saturated carbocycles. The Morgan fingerprint density at radius 1 is 1.42 bits per heavy atom. The van der Waals surface area contributed by atoms with E-state index in [2.05, 4.69) is 30.8 Å². The number of H-pyrrole nitrogens is 1. The van der Waals surface area contributed by atoms with Gasteiger partial charge in [-0.15, -0.1) is 0 Å². The van der Waals surface area contributed by atoms with Crippen molar-refractivity contribution in [1.82, 2.24) is 14.9 Å². The van der Waals surface area contributed by atoms with Crippen molar-refractivity contribution in [3.05, 3.63) is 66.9 Å². The molecule has 1 aromatic carbocycles. The predicted octanol–water partition coefficient (Wildman–Crippen LogP) is 3.57. The van der Waals surface area contributed by atoms with E-state index in [0.29, 0.717) is 27.8 Å². The standard InChI is InChI=1S/C17H14BrN3O2S/c18-12-1-2-15-13(5-12)16(22)11(9-23-15)8-21-4-3-14-10(7-21)6-19-17(24)20-14/h1-2,5-6,9H,3-4,7-8H2,(H,19,20,24). The molecule has 3 heterocycles. The third-order valence-corrected chi connectivity index (χ3v) is 4.96. The van der Waals surface area contributed by atoms with Crippen molar-refractivity contribution in [1.29, 1.82) is 0 Å². The molecule has 1 aliphatic heterocycles. The first-order valence-corrected chi connectivity index (χ1v) is 8.79. The van der Waals surface area contributed by atoms with Crippen LogP contribution in [0.1, 0.15) is 16.8 Å². The normalized spacial score (nSPS) is 14.7. The topological polar surface area (TPSA) is 62.1 Å². The van der Waals surface area contributed by atoms with Gasteiger partial charge < -0.3 is 9.40 Å². The minimum absolute atomic E-state index is 0.0222. The number of hydrogen-bond donors (Lipinski definition) is 1. The van der Waals surface area contributed by atoms with Crippen LogP contribution in [0.4, 0.5) is 0 Å². The van der Waals surface area contributed by atoms with Crippen LogP contribution in [0.15, 0.2) is 44.3 Å². The zero-order chi connectivity index (χ0) is 16.7. The van der Waals surface area contributed by atoms with Gasteiger partial charge in [-0.3, -0.25) is 9.69 Å².